The van der Waals surface area contributed by atoms with E-state index in [2.05, 4.69) is 26.0 Å². The maximum absolute atomic E-state index is 11.7. The molecule has 0 saturated heterocycles. The smallest absolute Gasteiger partial charge is 0.213 e. The maximum Gasteiger partial charge on any atom is 0.213 e. The van der Waals surface area contributed by atoms with Gasteiger partial charge in [-0.1, -0.05) is 54.4 Å². The number of benzene rings is 1. The van der Waals surface area contributed by atoms with Crippen molar-refractivity contribution in [2.75, 3.05) is 0 Å². The van der Waals surface area contributed by atoms with E-state index in [0.717, 1.165) is 33.1 Å². The van der Waals surface area contributed by atoms with Gasteiger partial charge in [-0.3, -0.25) is 4.79 Å². The Hall–Kier alpha value is -2.01. The summed E-state index contributed by atoms with van der Waals surface area (Å²) in [5.74, 6) is 0.537. The Labute approximate surface area is 145 Å². The zero-order chi connectivity index (χ0) is 16.7. The van der Waals surface area contributed by atoms with Crippen molar-refractivity contribution in [3.05, 3.63) is 40.0 Å². The Bertz CT molecular complexity index is 903. The molecular formula is C19H21N3OS. The van der Waals surface area contributed by atoms with Gasteiger partial charge in [-0.2, -0.15) is 9.61 Å². The summed E-state index contributed by atoms with van der Waals surface area (Å²) in [6.45, 7) is 4.13. The van der Waals surface area contributed by atoms with E-state index in [1.165, 1.54) is 37.7 Å². The number of aryl methyl sites for hydroxylation is 2. The van der Waals surface area contributed by atoms with Crippen LogP contribution < -0.4 is 0 Å². The van der Waals surface area contributed by atoms with E-state index < -0.39 is 0 Å². The molecule has 0 radical (unpaired) electrons. The summed E-state index contributed by atoms with van der Waals surface area (Å²) in [6, 6.07) is 6.23. The van der Waals surface area contributed by atoms with Crippen LogP contribution in [0.3, 0.4) is 0 Å². The second kappa shape index (κ2) is 6.13. The quantitative estimate of drug-likeness (QED) is 0.635. The van der Waals surface area contributed by atoms with Crippen LogP contribution in [0.1, 0.15) is 64.6 Å². The molecule has 0 unspecified atom stereocenters. The molecule has 0 bridgehead atoms. The normalized spacial score (nSPS) is 15.9. The SMILES string of the molecule is Cc1ccc(-c2nc3sc(C4CCCCC4)nn3c2C=O)c(C)c1. The van der Waals surface area contributed by atoms with Crippen LogP contribution in [0.2, 0.25) is 0 Å². The summed E-state index contributed by atoms with van der Waals surface area (Å²) >= 11 is 1.64. The highest BCUT2D eigenvalue weighted by Gasteiger charge is 2.23. The number of carbonyl (C=O) groups excluding carboxylic acids is 1. The Morgan fingerprint density at radius 1 is 1.21 bits per heavy atom. The third-order valence-corrected chi connectivity index (χ3v) is 6.03. The van der Waals surface area contributed by atoms with Crippen molar-refractivity contribution in [3.63, 3.8) is 0 Å². The van der Waals surface area contributed by atoms with E-state index in [0.29, 0.717) is 11.6 Å². The highest BCUT2D eigenvalue weighted by molar-refractivity contribution is 7.16. The average Bonchev–Trinajstić information content (AvgIpc) is 3.13. The molecule has 0 spiro atoms. The number of aldehydes is 1. The van der Waals surface area contributed by atoms with Crippen molar-refractivity contribution in [3.8, 4) is 11.3 Å². The van der Waals surface area contributed by atoms with Crippen LogP contribution in [-0.4, -0.2) is 20.9 Å². The minimum absolute atomic E-state index is 0.537. The lowest BCUT2D eigenvalue weighted by atomic mass is 9.90. The molecule has 4 rings (SSSR count). The molecule has 1 aromatic carbocycles. The van der Waals surface area contributed by atoms with Gasteiger partial charge in [0.05, 0.1) is 0 Å². The number of carbonyl (C=O) groups is 1. The topological polar surface area (TPSA) is 47.3 Å². The van der Waals surface area contributed by atoms with Crippen molar-refractivity contribution >= 4 is 22.6 Å². The minimum Gasteiger partial charge on any atom is -0.296 e. The predicted molar refractivity (Wildman–Crippen MR) is 97.0 cm³/mol. The number of aromatic nitrogens is 3. The van der Waals surface area contributed by atoms with Crippen molar-refractivity contribution in [1.29, 1.82) is 0 Å². The van der Waals surface area contributed by atoms with Gasteiger partial charge in [-0.15, -0.1) is 0 Å². The van der Waals surface area contributed by atoms with Crippen LogP contribution in [-0.2, 0) is 0 Å². The molecule has 0 aliphatic heterocycles. The molecule has 124 valence electrons. The lowest BCUT2D eigenvalue weighted by Gasteiger charge is -2.18. The van der Waals surface area contributed by atoms with Gasteiger partial charge in [0.15, 0.2) is 6.29 Å². The summed E-state index contributed by atoms with van der Waals surface area (Å²) in [6.07, 6.45) is 7.18. The summed E-state index contributed by atoms with van der Waals surface area (Å²) < 4.78 is 1.75. The second-order valence-corrected chi connectivity index (χ2v) is 7.74. The second-order valence-electron chi connectivity index (χ2n) is 6.75. The number of hydrogen-bond donors (Lipinski definition) is 0. The van der Waals surface area contributed by atoms with Crippen LogP contribution in [0.4, 0.5) is 0 Å². The summed E-state index contributed by atoms with van der Waals surface area (Å²) in [7, 11) is 0. The molecule has 24 heavy (non-hydrogen) atoms. The highest BCUT2D eigenvalue weighted by Crippen LogP contribution is 2.36. The van der Waals surface area contributed by atoms with Gasteiger partial charge in [0.1, 0.15) is 16.4 Å². The Morgan fingerprint density at radius 2 is 2.00 bits per heavy atom. The lowest BCUT2D eigenvalue weighted by molar-refractivity contribution is 0.111. The number of rotatable bonds is 3. The third-order valence-electron chi connectivity index (χ3n) is 4.96. The number of imidazole rings is 1. The molecular weight excluding hydrogens is 318 g/mol. The number of nitrogens with zero attached hydrogens (tertiary/aromatic N) is 3. The number of hydrogen-bond acceptors (Lipinski definition) is 4. The van der Waals surface area contributed by atoms with E-state index in [1.54, 1.807) is 15.9 Å². The van der Waals surface area contributed by atoms with E-state index >= 15 is 0 Å². The molecule has 0 atom stereocenters. The van der Waals surface area contributed by atoms with Gasteiger partial charge >= 0.3 is 0 Å². The van der Waals surface area contributed by atoms with E-state index in [9.17, 15) is 4.79 Å². The standard InChI is InChI=1S/C19H21N3OS/c1-12-8-9-15(13(2)10-12)17-16(11-23)22-19(20-17)24-18(21-22)14-6-4-3-5-7-14/h8-11,14H,3-7H2,1-2H3. The first-order chi connectivity index (χ1) is 11.7. The molecule has 1 aliphatic carbocycles. The average molecular weight is 339 g/mol. The zero-order valence-corrected chi connectivity index (χ0v) is 14.9. The first-order valence-corrected chi connectivity index (χ1v) is 9.41. The third kappa shape index (κ3) is 2.57. The van der Waals surface area contributed by atoms with Gasteiger partial charge in [0.25, 0.3) is 0 Å². The summed E-state index contributed by atoms with van der Waals surface area (Å²) in [5.41, 5.74) is 4.67. The maximum atomic E-state index is 11.7. The van der Waals surface area contributed by atoms with Crippen molar-refractivity contribution in [1.82, 2.24) is 14.6 Å². The highest BCUT2D eigenvalue weighted by atomic mass is 32.1. The van der Waals surface area contributed by atoms with Gasteiger partial charge in [0, 0.05) is 11.5 Å². The Balaban J connectivity index is 1.80. The van der Waals surface area contributed by atoms with Crippen LogP contribution in [0, 0.1) is 13.8 Å². The Morgan fingerprint density at radius 3 is 2.71 bits per heavy atom. The van der Waals surface area contributed by atoms with Crippen molar-refractivity contribution in [2.45, 2.75) is 51.9 Å². The molecule has 0 N–H and O–H groups in total. The van der Waals surface area contributed by atoms with Crippen LogP contribution in [0.5, 0.6) is 0 Å². The van der Waals surface area contributed by atoms with Gasteiger partial charge < -0.3 is 0 Å². The molecule has 3 aromatic rings. The molecule has 0 amide bonds. The fraction of sp³-hybridized carbons (Fsp3) is 0.421. The molecule has 5 heteroatoms. The van der Waals surface area contributed by atoms with Gasteiger partial charge in [-0.05, 0) is 32.3 Å². The van der Waals surface area contributed by atoms with Crippen LogP contribution >= 0.6 is 11.3 Å². The number of fused-ring (bicyclic) bond motifs is 1. The zero-order valence-electron chi connectivity index (χ0n) is 14.1. The molecule has 1 fully saturated rings. The molecule has 2 aromatic heterocycles. The van der Waals surface area contributed by atoms with E-state index in [4.69, 9.17) is 10.1 Å². The van der Waals surface area contributed by atoms with Crippen molar-refractivity contribution < 1.29 is 4.79 Å². The Kier molecular flexibility index (Phi) is 3.96. The molecule has 1 aliphatic rings. The lowest BCUT2D eigenvalue weighted by Crippen LogP contribution is -2.05. The van der Waals surface area contributed by atoms with Gasteiger partial charge in [0.2, 0.25) is 4.96 Å². The predicted octanol–water partition coefficient (Wildman–Crippen LogP) is 4.93. The molecule has 4 nitrogen and oxygen atoms in total. The van der Waals surface area contributed by atoms with Crippen LogP contribution in [0.15, 0.2) is 18.2 Å². The van der Waals surface area contributed by atoms with E-state index in [1.807, 2.05) is 6.07 Å². The first kappa shape index (κ1) is 15.5. The van der Waals surface area contributed by atoms with Crippen LogP contribution in [0.25, 0.3) is 16.2 Å². The fourth-order valence-corrected chi connectivity index (χ4v) is 4.75. The monoisotopic (exact) mass is 339 g/mol. The largest absolute Gasteiger partial charge is 0.296 e. The molecule has 1 saturated carbocycles. The fourth-order valence-electron chi connectivity index (χ4n) is 3.68. The minimum atomic E-state index is 0.537. The van der Waals surface area contributed by atoms with Crippen molar-refractivity contribution in [2.24, 2.45) is 0 Å². The summed E-state index contributed by atoms with van der Waals surface area (Å²) in [4.78, 5) is 17.3. The first-order valence-electron chi connectivity index (χ1n) is 8.59. The van der Waals surface area contributed by atoms with Gasteiger partial charge in [-0.25, -0.2) is 4.98 Å². The van der Waals surface area contributed by atoms with E-state index in [-0.39, 0.29) is 0 Å². The molecule has 2 heterocycles. The summed E-state index contributed by atoms with van der Waals surface area (Å²) in [5, 5.41) is 5.87.